The summed E-state index contributed by atoms with van der Waals surface area (Å²) in [5, 5.41) is 1.05. The van der Waals surface area contributed by atoms with Gasteiger partial charge in [-0.3, -0.25) is 14.7 Å². The van der Waals surface area contributed by atoms with Crippen LogP contribution in [0.3, 0.4) is 0 Å². The number of pyridine rings is 1. The highest BCUT2D eigenvalue weighted by molar-refractivity contribution is 6.35. The van der Waals surface area contributed by atoms with Gasteiger partial charge in [0, 0.05) is 44.0 Å². The number of hydrogen-bond donors (Lipinski definition) is 1. The molecular formula is C17H14Cl2N4O2. The van der Waals surface area contributed by atoms with Gasteiger partial charge < -0.3 is 9.40 Å². The first-order chi connectivity index (χ1) is 12.1. The molecule has 0 aromatic carbocycles. The first kappa shape index (κ1) is 16.3. The normalized spacial score (nSPS) is 14.5. The van der Waals surface area contributed by atoms with Gasteiger partial charge in [-0.2, -0.15) is 0 Å². The standard InChI is InChI=1S/C17H14Cl2N4O2/c18-12-6-20-7-13(19)10(12)8-23-4-3-14-11(9-23)17(24)22-16(21-14)15-2-1-5-25-15/h1-2,5-7H,3-4,8-9H2,(H,21,22,24). The lowest BCUT2D eigenvalue weighted by Crippen LogP contribution is -2.35. The number of nitrogens with one attached hydrogen (secondary N) is 1. The minimum absolute atomic E-state index is 0.145. The van der Waals surface area contributed by atoms with Crippen LogP contribution in [0.4, 0.5) is 0 Å². The van der Waals surface area contributed by atoms with Gasteiger partial charge in [0.15, 0.2) is 11.6 Å². The van der Waals surface area contributed by atoms with Crippen molar-refractivity contribution in [3.8, 4) is 11.6 Å². The monoisotopic (exact) mass is 376 g/mol. The lowest BCUT2D eigenvalue weighted by atomic mass is 10.1. The maximum absolute atomic E-state index is 12.5. The number of halogens is 2. The van der Waals surface area contributed by atoms with E-state index in [1.807, 2.05) is 0 Å². The predicted octanol–water partition coefficient (Wildman–Crippen LogP) is 3.29. The van der Waals surface area contributed by atoms with Crippen molar-refractivity contribution in [1.82, 2.24) is 19.9 Å². The van der Waals surface area contributed by atoms with Gasteiger partial charge in [-0.25, -0.2) is 4.98 Å². The third kappa shape index (κ3) is 3.20. The lowest BCUT2D eigenvalue weighted by molar-refractivity contribution is 0.242. The van der Waals surface area contributed by atoms with Crippen molar-refractivity contribution >= 4 is 23.2 Å². The molecule has 0 bridgehead atoms. The molecule has 6 nitrogen and oxygen atoms in total. The van der Waals surface area contributed by atoms with Gasteiger partial charge in [0.2, 0.25) is 0 Å². The lowest BCUT2D eigenvalue weighted by Gasteiger charge is -2.28. The Morgan fingerprint density at radius 3 is 2.80 bits per heavy atom. The largest absolute Gasteiger partial charge is 0.461 e. The van der Waals surface area contributed by atoms with Crippen molar-refractivity contribution in [3.63, 3.8) is 0 Å². The molecule has 0 fully saturated rings. The zero-order valence-electron chi connectivity index (χ0n) is 13.1. The molecule has 128 valence electrons. The number of H-pyrrole nitrogens is 1. The van der Waals surface area contributed by atoms with E-state index in [0.717, 1.165) is 17.8 Å². The van der Waals surface area contributed by atoms with Crippen LogP contribution in [0.25, 0.3) is 11.6 Å². The fraction of sp³-hybridized carbons (Fsp3) is 0.235. The summed E-state index contributed by atoms with van der Waals surface area (Å²) in [6.07, 6.45) is 5.38. The molecule has 4 heterocycles. The highest BCUT2D eigenvalue weighted by Gasteiger charge is 2.23. The Morgan fingerprint density at radius 1 is 1.28 bits per heavy atom. The second kappa shape index (κ2) is 6.63. The van der Waals surface area contributed by atoms with E-state index in [1.54, 1.807) is 30.8 Å². The minimum atomic E-state index is -0.145. The zero-order valence-corrected chi connectivity index (χ0v) is 14.6. The Balaban J connectivity index is 1.61. The Bertz CT molecular complexity index is 949. The number of hydrogen-bond acceptors (Lipinski definition) is 5. The molecular weight excluding hydrogens is 363 g/mol. The van der Waals surface area contributed by atoms with E-state index in [-0.39, 0.29) is 5.56 Å². The molecule has 0 atom stereocenters. The van der Waals surface area contributed by atoms with E-state index in [2.05, 4.69) is 19.9 Å². The maximum Gasteiger partial charge on any atom is 0.256 e. The summed E-state index contributed by atoms with van der Waals surface area (Å²) in [5.74, 6) is 1.01. The Kier molecular flexibility index (Phi) is 4.33. The second-order valence-electron chi connectivity index (χ2n) is 5.86. The SMILES string of the molecule is O=c1[nH]c(-c2ccco2)nc2c1CN(Cc1c(Cl)cncc1Cl)CC2. The van der Waals surface area contributed by atoms with Crippen LogP contribution in [0.2, 0.25) is 10.0 Å². The fourth-order valence-corrected chi connectivity index (χ4v) is 3.44. The summed E-state index contributed by atoms with van der Waals surface area (Å²) >= 11 is 12.4. The van der Waals surface area contributed by atoms with E-state index in [1.165, 1.54) is 0 Å². The summed E-state index contributed by atoms with van der Waals surface area (Å²) in [6.45, 7) is 1.81. The molecule has 0 amide bonds. The molecule has 25 heavy (non-hydrogen) atoms. The van der Waals surface area contributed by atoms with Crippen molar-refractivity contribution in [2.45, 2.75) is 19.5 Å². The fourth-order valence-electron chi connectivity index (χ4n) is 2.96. The van der Waals surface area contributed by atoms with E-state index in [9.17, 15) is 4.79 Å². The molecule has 0 saturated heterocycles. The van der Waals surface area contributed by atoms with Crippen LogP contribution in [0.15, 0.2) is 40.0 Å². The molecule has 3 aromatic rings. The first-order valence-electron chi connectivity index (χ1n) is 7.78. The molecule has 0 aliphatic carbocycles. The number of aromatic nitrogens is 3. The second-order valence-corrected chi connectivity index (χ2v) is 6.67. The van der Waals surface area contributed by atoms with Gasteiger partial charge in [-0.1, -0.05) is 23.2 Å². The predicted molar refractivity (Wildman–Crippen MR) is 94.6 cm³/mol. The number of rotatable bonds is 3. The molecule has 8 heteroatoms. The summed E-state index contributed by atoms with van der Waals surface area (Å²) in [6, 6.07) is 3.53. The average molecular weight is 377 g/mol. The summed E-state index contributed by atoms with van der Waals surface area (Å²) in [5.41, 5.74) is 2.15. The molecule has 1 N–H and O–H groups in total. The van der Waals surface area contributed by atoms with Crippen LogP contribution < -0.4 is 5.56 Å². The van der Waals surface area contributed by atoms with Gasteiger partial charge in [-0.15, -0.1) is 0 Å². The van der Waals surface area contributed by atoms with Crippen LogP contribution in [-0.2, 0) is 19.5 Å². The van der Waals surface area contributed by atoms with Crippen LogP contribution in [0.5, 0.6) is 0 Å². The first-order valence-corrected chi connectivity index (χ1v) is 8.53. The van der Waals surface area contributed by atoms with Crippen molar-refractivity contribution in [2.24, 2.45) is 0 Å². The Morgan fingerprint density at radius 2 is 2.08 bits per heavy atom. The van der Waals surface area contributed by atoms with Crippen LogP contribution >= 0.6 is 23.2 Å². The molecule has 0 saturated carbocycles. The highest BCUT2D eigenvalue weighted by atomic mass is 35.5. The molecule has 0 radical (unpaired) electrons. The van der Waals surface area contributed by atoms with E-state index >= 15 is 0 Å². The molecule has 1 aliphatic heterocycles. The highest BCUT2D eigenvalue weighted by Crippen LogP contribution is 2.26. The number of nitrogens with zero attached hydrogens (tertiary/aromatic N) is 3. The third-order valence-electron chi connectivity index (χ3n) is 4.24. The van der Waals surface area contributed by atoms with Crippen molar-refractivity contribution in [2.75, 3.05) is 6.54 Å². The van der Waals surface area contributed by atoms with Crippen LogP contribution in [0.1, 0.15) is 16.8 Å². The van der Waals surface area contributed by atoms with E-state index in [0.29, 0.717) is 46.7 Å². The summed E-state index contributed by atoms with van der Waals surface area (Å²) in [4.78, 5) is 25.9. The smallest absolute Gasteiger partial charge is 0.256 e. The Labute approximate surface area is 153 Å². The van der Waals surface area contributed by atoms with Gasteiger partial charge in [0.05, 0.1) is 27.6 Å². The summed E-state index contributed by atoms with van der Waals surface area (Å²) < 4.78 is 5.31. The van der Waals surface area contributed by atoms with E-state index < -0.39 is 0 Å². The van der Waals surface area contributed by atoms with Crippen molar-refractivity contribution in [3.05, 3.63) is 68.0 Å². The Hall–Kier alpha value is -2.15. The molecule has 4 rings (SSSR count). The van der Waals surface area contributed by atoms with E-state index in [4.69, 9.17) is 27.6 Å². The third-order valence-corrected chi connectivity index (χ3v) is 4.89. The topological polar surface area (TPSA) is 75.0 Å². The van der Waals surface area contributed by atoms with Gasteiger partial charge in [0.1, 0.15) is 0 Å². The van der Waals surface area contributed by atoms with Crippen molar-refractivity contribution < 1.29 is 4.42 Å². The average Bonchev–Trinajstić information content (AvgIpc) is 3.13. The van der Waals surface area contributed by atoms with Gasteiger partial charge >= 0.3 is 0 Å². The minimum Gasteiger partial charge on any atom is -0.461 e. The number of furan rings is 1. The number of fused-ring (bicyclic) bond motifs is 1. The summed E-state index contributed by atoms with van der Waals surface area (Å²) in [7, 11) is 0. The molecule has 0 unspecified atom stereocenters. The zero-order chi connectivity index (χ0) is 17.4. The van der Waals surface area contributed by atoms with Crippen molar-refractivity contribution in [1.29, 1.82) is 0 Å². The van der Waals surface area contributed by atoms with Gasteiger partial charge in [-0.05, 0) is 12.1 Å². The quantitative estimate of drug-likeness (QED) is 0.758. The van der Waals surface area contributed by atoms with Crippen LogP contribution in [0, 0.1) is 0 Å². The molecule has 3 aromatic heterocycles. The number of aromatic amines is 1. The van der Waals surface area contributed by atoms with Crippen LogP contribution in [-0.4, -0.2) is 26.4 Å². The molecule has 0 spiro atoms. The maximum atomic E-state index is 12.5. The molecule has 1 aliphatic rings. The van der Waals surface area contributed by atoms with Gasteiger partial charge in [0.25, 0.3) is 5.56 Å².